The second-order valence-electron chi connectivity index (χ2n) is 4.28. The number of nitrogens with zero attached hydrogens (tertiary/aromatic N) is 3. The van der Waals surface area contributed by atoms with E-state index in [1.165, 1.54) is 0 Å². The second kappa shape index (κ2) is 6.83. The highest BCUT2D eigenvalue weighted by atomic mass is 79.9. The first-order valence-electron chi connectivity index (χ1n) is 5.91. The van der Waals surface area contributed by atoms with E-state index >= 15 is 0 Å². The lowest BCUT2D eigenvalue weighted by Gasteiger charge is -2.15. The number of halogens is 1. The van der Waals surface area contributed by atoms with Crippen molar-refractivity contribution >= 4 is 50.3 Å². The third kappa shape index (κ3) is 4.13. The molecule has 1 atom stereocenters. The molecular weight excluding hydrogens is 358 g/mol. The van der Waals surface area contributed by atoms with Gasteiger partial charge in [0.25, 0.3) is 11.3 Å². The Kier molecular flexibility index (Phi) is 5.10. The number of rotatable bonds is 5. The molecule has 21 heavy (non-hydrogen) atoms. The van der Waals surface area contributed by atoms with Crippen LogP contribution in [-0.4, -0.2) is 32.8 Å². The second-order valence-corrected chi connectivity index (χ2v) is 5.84. The zero-order chi connectivity index (χ0) is 15.4. The number of anilines is 4. The van der Waals surface area contributed by atoms with Gasteiger partial charge >= 0.3 is 0 Å². The highest BCUT2D eigenvalue weighted by Crippen LogP contribution is 2.29. The summed E-state index contributed by atoms with van der Waals surface area (Å²) < 4.78 is 23.0. The maximum atomic E-state index is 10.9. The van der Waals surface area contributed by atoms with Gasteiger partial charge in [0.2, 0.25) is 5.95 Å². The van der Waals surface area contributed by atoms with Crippen LogP contribution in [-0.2, 0) is 11.3 Å². The Labute approximate surface area is 133 Å². The molecule has 2 rings (SSSR count). The van der Waals surface area contributed by atoms with E-state index in [4.69, 9.17) is 4.55 Å². The van der Waals surface area contributed by atoms with E-state index in [9.17, 15) is 4.21 Å². The van der Waals surface area contributed by atoms with Gasteiger partial charge < -0.3 is 10.2 Å². The van der Waals surface area contributed by atoms with Crippen molar-refractivity contribution in [2.24, 2.45) is 0 Å². The van der Waals surface area contributed by atoms with Gasteiger partial charge in [-0.1, -0.05) is 12.1 Å². The Bertz CT molecular complexity index is 668. The lowest BCUT2D eigenvalue weighted by molar-refractivity contribution is 0.570. The molecule has 0 aliphatic heterocycles. The minimum atomic E-state index is -2.14. The van der Waals surface area contributed by atoms with Gasteiger partial charge in [0.05, 0.1) is 15.8 Å². The Morgan fingerprint density at radius 2 is 1.95 bits per heavy atom. The summed E-state index contributed by atoms with van der Waals surface area (Å²) in [5.74, 6) is 1.11. The lowest BCUT2D eigenvalue weighted by atomic mass is 10.2. The first kappa shape index (κ1) is 15.7. The molecule has 0 spiro atoms. The van der Waals surface area contributed by atoms with Crippen LogP contribution in [0.15, 0.2) is 34.9 Å². The van der Waals surface area contributed by atoms with E-state index in [2.05, 4.69) is 35.9 Å². The number of para-hydroxylation sites is 2. The molecule has 2 aromatic rings. The molecule has 112 valence electrons. The SMILES string of the molecule is CN(C)c1ncc(Br)c(Nc2ccccc2NS(=O)O)n1. The van der Waals surface area contributed by atoms with E-state index in [1.54, 1.807) is 29.3 Å². The number of hydrogen-bond acceptors (Lipinski definition) is 5. The van der Waals surface area contributed by atoms with Crippen LogP contribution in [0.2, 0.25) is 0 Å². The van der Waals surface area contributed by atoms with Crippen LogP contribution < -0.4 is 14.9 Å². The quantitative estimate of drug-likeness (QED) is 0.699. The highest BCUT2D eigenvalue weighted by molar-refractivity contribution is 9.10. The van der Waals surface area contributed by atoms with Crippen LogP contribution in [0.5, 0.6) is 0 Å². The summed E-state index contributed by atoms with van der Waals surface area (Å²) in [6.07, 6.45) is 1.64. The van der Waals surface area contributed by atoms with Crippen molar-refractivity contribution < 1.29 is 8.76 Å². The van der Waals surface area contributed by atoms with E-state index in [0.717, 1.165) is 0 Å². The van der Waals surface area contributed by atoms with Crippen LogP contribution >= 0.6 is 15.9 Å². The van der Waals surface area contributed by atoms with Gasteiger partial charge in [-0.25, -0.2) is 9.19 Å². The average molecular weight is 372 g/mol. The Morgan fingerprint density at radius 1 is 1.29 bits per heavy atom. The molecule has 0 radical (unpaired) electrons. The Balaban J connectivity index is 2.34. The van der Waals surface area contributed by atoms with Crippen LogP contribution in [0.3, 0.4) is 0 Å². The van der Waals surface area contributed by atoms with Crippen LogP contribution in [0.25, 0.3) is 0 Å². The number of nitrogens with one attached hydrogen (secondary N) is 2. The summed E-state index contributed by atoms with van der Waals surface area (Å²) in [5, 5.41) is 3.11. The maximum Gasteiger partial charge on any atom is 0.259 e. The molecule has 0 aliphatic carbocycles. The summed E-state index contributed by atoms with van der Waals surface area (Å²) in [6, 6.07) is 7.05. The lowest BCUT2D eigenvalue weighted by Crippen LogP contribution is -2.13. The van der Waals surface area contributed by atoms with Crippen LogP contribution in [0.1, 0.15) is 0 Å². The maximum absolute atomic E-state index is 10.9. The number of aromatic nitrogens is 2. The fourth-order valence-corrected chi connectivity index (χ4v) is 2.22. The van der Waals surface area contributed by atoms with Crippen LogP contribution in [0.4, 0.5) is 23.1 Å². The molecule has 1 aromatic carbocycles. The standard InChI is InChI=1S/C12H14BrN5O2S/c1-18(2)12-14-7-8(13)11(16-12)15-9-5-3-4-6-10(9)17-21(19)20/h3-7,17H,1-2H3,(H,19,20)(H,14,15,16). The molecule has 0 bridgehead atoms. The third-order valence-electron chi connectivity index (χ3n) is 2.51. The molecule has 0 saturated heterocycles. The highest BCUT2D eigenvalue weighted by Gasteiger charge is 2.10. The van der Waals surface area contributed by atoms with Crippen molar-refractivity contribution in [3.05, 3.63) is 34.9 Å². The smallest absolute Gasteiger partial charge is 0.259 e. The average Bonchev–Trinajstić information content (AvgIpc) is 2.42. The fourth-order valence-electron chi connectivity index (χ4n) is 1.56. The third-order valence-corrected chi connectivity index (χ3v) is 3.48. The molecule has 1 unspecified atom stereocenters. The summed E-state index contributed by atoms with van der Waals surface area (Å²) in [4.78, 5) is 10.3. The van der Waals surface area contributed by atoms with Gasteiger partial charge in [0.15, 0.2) is 0 Å². The minimum absolute atomic E-state index is 0.496. The number of hydrogen-bond donors (Lipinski definition) is 3. The summed E-state index contributed by atoms with van der Waals surface area (Å²) >= 11 is 1.23. The molecule has 9 heteroatoms. The molecular formula is C12H14BrN5O2S. The Hall–Kier alpha value is -1.71. The van der Waals surface area contributed by atoms with Crippen molar-refractivity contribution in [2.75, 3.05) is 29.0 Å². The van der Waals surface area contributed by atoms with Crippen molar-refractivity contribution in [1.29, 1.82) is 0 Å². The van der Waals surface area contributed by atoms with Gasteiger partial charge in [-0.3, -0.25) is 9.27 Å². The first-order valence-corrected chi connectivity index (χ1v) is 7.81. The molecule has 3 N–H and O–H groups in total. The van der Waals surface area contributed by atoms with Crippen LogP contribution in [0, 0.1) is 0 Å². The summed E-state index contributed by atoms with van der Waals surface area (Å²) in [6.45, 7) is 0. The molecule has 1 heterocycles. The monoisotopic (exact) mass is 371 g/mol. The van der Waals surface area contributed by atoms with Crippen molar-refractivity contribution in [1.82, 2.24) is 9.97 Å². The van der Waals surface area contributed by atoms with Crippen molar-refractivity contribution in [3.8, 4) is 0 Å². The fraction of sp³-hybridized carbons (Fsp3) is 0.167. The van der Waals surface area contributed by atoms with Crippen molar-refractivity contribution in [2.45, 2.75) is 0 Å². The molecule has 0 fully saturated rings. The van der Waals surface area contributed by atoms with E-state index in [0.29, 0.717) is 27.6 Å². The molecule has 1 aromatic heterocycles. The zero-order valence-electron chi connectivity index (χ0n) is 11.4. The number of benzene rings is 1. The van der Waals surface area contributed by atoms with Gasteiger partial charge in [0.1, 0.15) is 5.82 Å². The summed E-state index contributed by atoms with van der Waals surface area (Å²) in [7, 11) is 3.69. The van der Waals surface area contributed by atoms with E-state index in [-0.39, 0.29) is 0 Å². The molecule has 0 aliphatic rings. The minimum Gasteiger partial charge on any atom is -0.347 e. The normalized spacial score (nSPS) is 11.8. The van der Waals surface area contributed by atoms with E-state index in [1.807, 2.05) is 20.2 Å². The largest absolute Gasteiger partial charge is 0.347 e. The predicted octanol–water partition coefficient (Wildman–Crippen LogP) is 2.60. The molecule has 0 saturated carbocycles. The van der Waals surface area contributed by atoms with Gasteiger partial charge in [-0.05, 0) is 28.1 Å². The predicted molar refractivity (Wildman–Crippen MR) is 88.2 cm³/mol. The zero-order valence-corrected chi connectivity index (χ0v) is 13.8. The van der Waals surface area contributed by atoms with Gasteiger partial charge in [-0.15, -0.1) is 0 Å². The van der Waals surface area contributed by atoms with E-state index < -0.39 is 11.3 Å². The first-order chi connectivity index (χ1) is 9.97. The van der Waals surface area contributed by atoms with Crippen molar-refractivity contribution in [3.63, 3.8) is 0 Å². The topological polar surface area (TPSA) is 90.4 Å². The summed E-state index contributed by atoms with van der Waals surface area (Å²) in [5.41, 5.74) is 1.12. The van der Waals surface area contributed by atoms with Gasteiger partial charge in [0, 0.05) is 20.3 Å². The Morgan fingerprint density at radius 3 is 2.57 bits per heavy atom. The molecule has 7 nitrogen and oxygen atoms in total. The van der Waals surface area contributed by atoms with Gasteiger partial charge in [-0.2, -0.15) is 4.98 Å². The molecule has 0 amide bonds.